The van der Waals surface area contributed by atoms with Gasteiger partial charge in [0, 0.05) is 31.9 Å². The summed E-state index contributed by atoms with van der Waals surface area (Å²) >= 11 is 0. The van der Waals surface area contributed by atoms with Gasteiger partial charge in [0.1, 0.15) is 0 Å². The number of amides is 1. The molecular weight excluding hydrogens is 464 g/mol. The fraction of sp³-hybridized carbons (Fsp3) is 0.370. The van der Waals surface area contributed by atoms with Crippen LogP contribution in [0, 0.1) is 5.41 Å². The molecule has 0 spiro atoms. The summed E-state index contributed by atoms with van der Waals surface area (Å²) < 4.78 is 36.1. The maximum absolute atomic E-state index is 13.7. The van der Waals surface area contributed by atoms with Crippen LogP contribution >= 0.6 is 0 Å². The minimum Gasteiger partial charge on any atom is -0.501 e. The average Bonchev–Trinajstić information content (AvgIpc) is 2.88. The lowest BCUT2D eigenvalue weighted by molar-refractivity contribution is -0.128. The van der Waals surface area contributed by atoms with Crippen molar-refractivity contribution in [2.75, 3.05) is 31.9 Å². The number of nitrogens with one attached hydrogen (secondary N) is 2. The number of hydrogen-bond donors (Lipinski definition) is 2. The molecule has 35 heavy (non-hydrogen) atoms. The maximum Gasteiger partial charge on any atom is 0.234 e. The summed E-state index contributed by atoms with van der Waals surface area (Å²) in [6.07, 6.45) is 8.07. The molecule has 7 nitrogen and oxygen atoms in total. The van der Waals surface area contributed by atoms with Crippen LogP contribution in [0.5, 0.6) is 0 Å². The van der Waals surface area contributed by atoms with E-state index in [1.54, 1.807) is 7.11 Å². The van der Waals surface area contributed by atoms with Gasteiger partial charge < -0.3 is 14.8 Å². The second-order valence-electron chi connectivity index (χ2n) is 9.05. The molecular formula is C27H32N2O5S. The Kier molecular flexibility index (Phi) is 7.74. The fourth-order valence-corrected chi connectivity index (χ4v) is 5.09. The monoisotopic (exact) mass is 496 g/mol. The smallest absolute Gasteiger partial charge is 0.234 e. The third kappa shape index (κ3) is 6.20. The summed E-state index contributed by atoms with van der Waals surface area (Å²) in [6, 6.07) is 15.5. The molecule has 0 unspecified atom stereocenters. The van der Waals surface area contributed by atoms with E-state index < -0.39 is 15.4 Å². The first-order chi connectivity index (χ1) is 16.8. The van der Waals surface area contributed by atoms with Crippen molar-refractivity contribution in [1.82, 2.24) is 4.72 Å². The Morgan fingerprint density at radius 3 is 2.40 bits per heavy atom. The van der Waals surface area contributed by atoms with Crippen molar-refractivity contribution in [3.05, 3.63) is 77.6 Å². The Bertz CT molecular complexity index is 1230. The number of anilines is 1. The first-order valence-corrected chi connectivity index (χ1v) is 13.7. The van der Waals surface area contributed by atoms with Crippen LogP contribution in [-0.2, 0) is 30.8 Å². The number of methoxy groups -OCH3 is 1. The predicted molar refractivity (Wildman–Crippen MR) is 137 cm³/mol. The molecule has 2 aliphatic rings. The van der Waals surface area contributed by atoms with Crippen LogP contribution in [0.2, 0.25) is 0 Å². The van der Waals surface area contributed by atoms with Gasteiger partial charge in [-0.15, -0.1) is 0 Å². The van der Waals surface area contributed by atoms with E-state index in [0.29, 0.717) is 26.1 Å². The minimum absolute atomic E-state index is 0.000615. The highest BCUT2D eigenvalue weighted by atomic mass is 32.2. The summed E-state index contributed by atoms with van der Waals surface area (Å²) in [4.78, 5) is 13.7. The molecule has 0 atom stereocenters. The molecule has 1 aliphatic carbocycles. The van der Waals surface area contributed by atoms with E-state index in [1.165, 1.54) is 0 Å². The zero-order valence-corrected chi connectivity index (χ0v) is 21.0. The highest BCUT2D eigenvalue weighted by molar-refractivity contribution is 7.88. The molecule has 0 aromatic heterocycles. The van der Waals surface area contributed by atoms with Crippen molar-refractivity contribution in [3.8, 4) is 11.1 Å². The van der Waals surface area contributed by atoms with Gasteiger partial charge in [-0.25, -0.2) is 13.1 Å². The average molecular weight is 497 g/mol. The molecule has 1 saturated heterocycles. The molecule has 2 aromatic rings. The number of sulfonamides is 1. The van der Waals surface area contributed by atoms with Gasteiger partial charge in [0.25, 0.3) is 0 Å². The predicted octanol–water partition coefficient (Wildman–Crippen LogP) is 4.39. The van der Waals surface area contributed by atoms with Crippen molar-refractivity contribution in [1.29, 1.82) is 0 Å². The van der Waals surface area contributed by atoms with E-state index >= 15 is 0 Å². The summed E-state index contributed by atoms with van der Waals surface area (Å²) in [6.45, 7) is 1.37. The zero-order chi connectivity index (χ0) is 24.9. The summed E-state index contributed by atoms with van der Waals surface area (Å²) in [7, 11) is -1.56. The van der Waals surface area contributed by atoms with Crippen molar-refractivity contribution in [2.45, 2.75) is 32.2 Å². The first-order valence-electron chi connectivity index (χ1n) is 11.8. The number of carbonyl (C=O) groups excluding carboxylic acids is 1. The van der Waals surface area contributed by atoms with Gasteiger partial charge in [-0.2, -0.15) is 0 Å². The summed E-state index contributed by atoms with van der Waals surface area (Å²) in [5.41, 5.74) is 4.11. The van der Waals surface area contributed by atoms with Gasteiger partial charge >= 0.3 is 0 Å². The van der Waals surface area contributed by atoms with Gasteiger partial charge in [0.05, 0.1) is 24.5 Å². The van der Waals surface area contributed by atoms with E-state index in [9.17, 15) is 13.2 Å². The number of allylic oxidation sites excluding steroid dienone is 3. The summed E-state index contributed by atoms with van der Waals surface area (Å²) in [5.74, 6) is 0.933. The van der Waals surface area contributed by atoms with Crippen LogP contribution in [-0.4, -0.2) is 40.9 Å². The van der Waals surface area contributed by atoms with E-state index in [0.717, 1.165) is 52.8 Å². The molecule has 1 fully saturated rings. The van der Waals surface area contributed by atoms with Crippen LogP contribution in [0.25, 0.3) is 11.1 Å². The Hall–Kier alpha value is -2.94. The minimum atomic E-state index is -3.24. The Morgan fingerprint density at radius 1 is 1.03 bits per heavy atom. The first kappa shape index (κ1) is 25.2. The number of rotatable bonds is 8. The molecule has 1 amide bonds. The topological polar surface area (TPSA) is 93.7 Å². The largest absolute Gasteiger partial charge is 0.501 e. The maximum atomic E-state index is 13.7. The van der Waals surface area contributed by atoms with Gasteiger partial charge in [-0.1, -0.05) is 48.0 Å². The van der Waals surface area contributed by atoms with E-state index in [1.807, 2.05) is 60.7 Å². The standard InChI is InChI=1S/C27H32N2O5S/c1-33-25-12-10-23(11-13-25)27(14-16-34-17-15-27)26(30)29-24-5-3-4-22(18-24)21-8-6-20(7-9-21)19-28-35(2,31)32/h3-10,12,18,28H,11,13-17,19H2,1-2H3,(H,29,30). The zero-order valence-electron chi connectivity index (χ0n) is 20.2. The van der Waals surface area contributed by atoms with E-state index in [-0.39, 0.29) is 12.5 Å². The molecule has 1 aliphatic heterocycles. The lowest BCUT2D eigenvalue weighted by Gasteiger charge is -2.39. The highest BCUT2D eigenvalue weighted by Crippen LogP contribution is 2.43. The Balaban J connectivity index is 1.52. The van der Waals surface area contributed by atoms with Crippen LogP contribution in [0.15, 0.2) is 72.0 Å². The van der Waals surface area contributed by atoms with E-state index in [4.69, 9.17) is 9.47 Å². The van der Waals surface area contributed by atoms with Crippen molar-refractivity contribution < 1.29 is 22.7 Å². The number of hydrogen-bond acceptors (Lipinski definition) is 5. The van der Waals surface area contributed by atoms with Crippen molar-refractivity contribution >= 4 is 21.6 Å². The molecule has 186 valence electrons. The van der Waals surface area contributed by atoms with Gasteiger partial charge in [0.15, 0.2) is 0 Å². The third-order valence-electron chi connectivity index (χ3n) is 6.72. The van der Waals surface area contributed by atoms with Crippen LogP contribution < -0.4 is 10.0 Å². The molecule has 0 radical (unpaired) electrons. The van der Waals surface area contributed by atoms with E-state index in [2.05, 4.69) is 10.0 Å². The van der Waals surface area contributed by atoms with Crippen LogP contribution in [0.3, 0.4) is 0 Å². The molecule has 8 heteroatoms. The molecule has 2 N–H and O–H groups in total. The molecule has 0 saturated carbocycles. The quantitative estimate of drug-likeness (QED) is 0.565. The number of carbonyl (C=O) groups is 1. The number of ether oxygens (including phenoxy) is 2. The lowest BCUT2D eigenvalue weighted by atomic mass is 9.70. The Labute approximate surface area is 207 Å². The second-order valence-corrected chi connectivity index (χ2v) is 10.9. The lowest BCUT2D eigenvalue weighted by Crippen LogP contribution is -2.43. The molecule has 0 bridgehead atoms. The van der Waals surface area contributed by atoms with Crippen LogP contribution in [0.4, 0.5) is 5.69 Å². The third-order valence-corrected chi connectivity index (χ3v) is 7.38. The van der Waals surface area contributed by atoms with Crippen molar-refractivity contribution in [3.63, 3.8) is 0 Å². The van der Waals surface area contributed by atoms with Gasteiger partial charge in [-0.05, 0) is 54.2 Å². The van der Waals surface area contributed by atoms with Crippen molar-refractivity contribution in [2.24, 2.45) is 5.41 Å². The van der Waals surface area contributed by atoms with Gasteiger partial charge in [0.2, 0.25) is 15.9 Å². The number of benzene rings is 2. The Morgan fingerprint density at radius 2 is 1.77 bits per heavy atom. The fourth-order valence-electron chi connectivity index (χ4n) is 4.66. The highest BCUT2D eigenvalue weighted by Gasteiger charge is 2.43. The second kappa shape index (κ2) is 10.8. The molecule has 4 rings (SSSR count). The molecule has 1 heterocycles. The normalized spacial score (nSPS) is 17.8. The van der Waals surface area contributed by atoms with Crippen LogP contribution in [0.1, 0.15) is 31.2 Å². The SMILES string of the molecule is COC1=CC=C(C2(C(=O)Nc3cccc(-c4ccc(CNS(C)(=O)=O)cc4)c3)CCOCC2)CC1. The summed E-state index contributed by atoms with van der Waals surface area (Å²) in [5, 5.41) is 3.17. The molecule has 2 aromatic carbocycles. The van der Waals surface area contributed by atoms with Gasteiger partial charge in [-0.3, -0.25) is 4.79 Å².